The van der Waals surface area contributed by atoms with Crippen molar-refractivity contribution >= 4 is 0 Å². The van der Waals surface area contributed by atoms with Crippen LogP contribution in [-0.4, -0.2) is 19.8 Å². The maximum absolute atomic E-state index is 6.55. The van der Waals surface area contributed by atoms with Gasteiger partial charge >= 0.3 is 0 Å². The highest BCUT2D eigenvalue weighted by Gasteiger charge is 1.73. The lowest BCUT2D eigenvalue weighted by molar-refractivity contribution is 0.168. The van der Waals surface area contributed by atoms with Crippen LogP contribution >= 0.6 is 0 Å². The van der Waals surface area contributed by atoms with Crippen LogP contribution in [0.1, 0.15) is 0 Å². The molecule has 0 fully saturated rings. The van der Waals surface area contributed by atoms with Gasteiger partial charge in [0.2, 0.25) is 0 Å². The topological polar surface area (TPSA) is 33.0 Å². The van der Waals surface area contributed by atoms with Crippen molar-refractivity contribution in [2.24, 2.45) is 0 Å². The van der Waals surface area contributed by atoms with Crippen molar-refractivity contribution in [2.45, 2.75) is 0 Å². The average molecular weight is 87.1 g/mol. The average Bonchev–Trinajstić information content (AvgIpc) is 1.61. The maximum Gasteiger partial charge on any atom is 0.0604 e. The minimum absolute atomic E-state index is 0.343. The van der Waals surface area contributed by atoms with Gasteiger partial charge < -0.3 is 4.74 Å². The van der Waals surface area contributed by atoms with Gasteiger partial charge in [0.05, 0.1) is 6.61 Å². The van der Waals surface area contributed by atoms with E-state index in [4.69, 9.17) is 5.73 Å². The van der Waals surface area contributed by atoms with Crippen LogP contribution in [0.2, 0.25) is 0 Å². The molecule has 0 aliphatic carbocycles. The lowest BCUT2D eigenvalue weighted by Crippen LogP contribution is -1.98. The van der Waals surface area contributed by atoms with Crippen molar-refractivity contribution in [2.75, 3.05) is 19.8 Å². The maximum atomic E-state index is 6.55. The minimum Gasteiger partial charge on any atom is -0.380 e. The molecule has 0 saturated carbocycles. The van der Waals surface area contributed by atoms with E-state index in [2.05, 4.69) is 11.7 Å². The lowest BCUT2D eigenvalue weighted by atomic mass is 10.7. The summed E-state index contributed by atoms with van der Waals surface area (Å²) in [6.45, 7) is 4.76. The fourth-order valence-electron chi connectivity index (χ4n) is 0.174. The van der Waals surface area contributed by atoms with Crippen LogP contribution in [0, 0.1) is 6.92 Å². The Morgan fingerprint density at radius 2 is 2.33 bits per heavy atom. The fourth-order valence-corrected chi connectivity index (χ4v) is 0.174. The molecule has 0 aromatic rings. The van der Waals surface area contributed by atoms with Gasteiger partial charge in [0.25, 0.3) is 0 Å². The fraction of sp³-hybridized carbons (Fsp3) is 0.750. The molecule has 1 N–H and O–H groups in total. The third-order valence-electron chi connectivity index (χ3n) is 0.391. The van der Waals surface area contributed by atoms with Gasteiger partial charge in [-0.05, 0) is 6.92 Å². The van der Waals surface area contributed by atoms with Crippen molar-refractivity contribution < 1.29 is 4.74 Å². The van der Waals surface area contributed by atoms with Crippen LogP contribution in [0.4, 0.5) is 0 Å². The molecule has 36 valence electrons. The summed E-state index contributed by atoms with van der Waals surface area (Å²) < 4.78 is 4.68. The number of ether oxygens (including phenoxy) is 1. The van der Waals surface area contributed by atoms with Gasteiger partial charge in [-0.25, -0.2) is 0 Å². The van der Waals surface area contributed by atoms with Gasteiger partial charge in [-0.3, -0.25) is 5.73 Å². The minimum atomic E-state index is 0.343. The second kappa shape index (κ2) is 4.92. The molecule has 2 nitrogen and oxygen atoms in total. The summed E-state index contributed by atoms with van der Waals surface area (Å²) in [6.07, 6.45) is 0. The summed E-state index contributed by atoms with van der Waals surface area (Å²) in [4.78, 5) is 0. The van der Waals surface area contributed by atoms with Gasteiger partial charge in [-0.1, -0.05) is 0 Å². The molecular weight excluding hydrogens is 78.0 g/mol. The van der Waals surface area contributed by atoms with Crippen LogP contribution in [0.15, 0.2) is 0 Å². The Hall–Kier alpha value is -0.0800. The molecule has 0 amide bonds. The quantitative estimate of drug-likeness (QED) is 0.450. The summed E-state index contributed by atoms with van der Waals surface area (Å²) in [5, 5.41) is 0. The molecule has 0 aliphatic rings. The molecule has 0 unspecified atom stereocenters. The first-order chi connectivity index (χ1) is 2.91. The van der Waals surface area contributed by atoms with Crippen LogP contribution in [-0.2, 0) is 4.74 Å². The SMILES string of the molecule is [CH2]COCC[NH]. The van der Waals surface area contributed by atoms with Gasteiger partial charge in [-0.15, -0.1) is 0 Å². The van der Waals surface area contributed by atoms with E-state index in [9.17, 15) is 0 Å². The normalized spacial score (nSPS) is 9.00. The van der Waals surface area contributed by atoms with E-state index < -0.39 is 0 Å². The van der Waals surface area contributed by atoms with Crippen molar-refractivity contribution in [1.29, 1.82) is 0 Å². The highest BCUT2D eigenvalue weighted by atomic mass is 16.5. The summed E-state index contributed by atoms with van der Waals surface area (Å²) >= 11 is 0. The molecule has 2 heteroatoms. The van der Waals surface area contributed by atoms with E-state index in [0.717, 1.165) is 0 Å². The molecule has 6 heavy (non-hydrogen) atoms. The smallest absolute Gasteiger partial charge is 0.0604 e. The van der Waals surface area contributed by atoms with Crippen LogP contribution in [0.3, 0.4) is 0 Å². The molecule has 0 aromatic heterocycles. The van der Waals surface area contributed by atoms with E-state index in [-0.39, 0.29) is 0 Å². The molecule has 0 rings (SSSR count). The summed E-state index contributed by atoms with van der Waals surface area (Å²) in [5.41, 5.74) is 6.55. The Morgan fingerprint density at radius 1 is 1.67 bits per heavy atom. The Kier molecular flexibility index (Phi) is 4.85. The Balaban J connectivity index is 2.34. The van der Waals surface area contributed by atoms with Crippen LogP contribution < -0.4 is 5.73 Å². The monoisotopic (exact) mass is 87.1 g/mol. The van der Waals surface area contributed by atoms with Crippen LogP contribution in [0.25, 0.3) is 0 Å². The number of hydrogen-bond donors (Lipinski definition) is 0. The molecule has 0 aromatic carbocycles. The van der Waals surface area contributed by atoms with Crippen molar-refractivity contribution in [3.8, 4) is 0 Å². The molecular formula is C4H9NO. The first-order valence-electron chi connectivity index (χ1n) is 1.93. The van der Waals surface area contributed by atoms with E-state index in [1.54, 1.807) is 0 Å². The molecule has 2 radical (unpaired) electrons. The second-order valence-corrected chi connectivity index (χ2v) is 0.862. The van der Waals surface area contributed by atoms with Crippen molar-refractivity contribution in [1.82, 2.24) is 5.73 Å². The second-order valence-electron chi connectivity index (χ2n) is 0.862. The van der Waals surface area contributed by atoms with Crippen molar-refractivity contribution in [3.05, 3.63) is 6.92 Å². The van der Waals surface area contributed by atoms with Gasteiger partial charge in [0.15, 0.2) is 0 Å². The van der Waals surface area contributed by atoms with E-state index in [0.29, 0.717) is 19.8 Å². The summed E-state index contributed by atoms with van der Waals surface area (Å²) in [6, 6.07) is 0. The summed E-state index contributed by atoms with van der Waals surface area (Å²) in [7, 11) is 0. The molecule has 0 saturated heterocycles. The first-order valence-corrected chi connectivity index (χ1v) is 1.93. The highest BCUT2D eigenvalue weighted by Crippen LogP contribution is 1.65. The van der Waals surface area contributed by atoms with E-state index in [1.807, 2.05) is 0 Å². The Morgan fingerprint density at radius 3 is 2.50 bits per heavy atom. The van der Waals surface area contributed by atoms with Crippen molar-refractivity contribution in [3.63, 3.8) is 0 Å². The molecule has 0 aliphatic heterocycles. The number of hydrogen-bond acceptors (Lipinski definition) is 1. The predicted octanol–water partition coefficient (Wildman–Crippen LogP) is 0.120. The molecule has 0 atom stereocenters. The van der Waals surface area contributed by atoms with Crippen LogP contribution in [0.5, 0.6) is 0 Å². The van der Waals surface area contributed by atoms with Gasteiger partial charge in [0.1, 0.15) is 0 Å². The predicted molar refractivity (Wildman–Crippen MR) is 24.1 cm³/mol. The van der Waals surface area contributed by atoms with Gasteiger partial charge in [-0.2, -0.15) is 0 Å². The van der Waals surface area contributed by atoms with Gasteiger partial charge in [0, 0.05) is 13.2 Å². The largest absolute Gasteiger partial charge is 0.380 e. The third kappa shape index (κ3) is 3.92. The lowest BCUT2D eigenvalue weighted by Gasteiger charge is -1.91. The first kappa shape index (κ1) is 5.92. The zero-order valence-electron chi connectivity index (χ0n) is 3.74. The Labute approximate surface area is 38.3 Å². The zero-order valence-corrected chi connectivity index (χ0v) is 3.74. The molecule has 0 spiro atoms. The highest BCUT2D eigenvalue weighted by molar-refractivity contribution is 4.31. The standard InChI is InChI=1S/C4H9NO/c1-2-6-4-3-5/h5H,1-4H2. The zero-order chi connectivity index (χ0) is 4.83. The third-order valence-corrected chi connectivity index (χ3v) is 0.391. The van der Waals surface area contributed by atoms with E-state index >= 15 is 0 Å². The number of rotatable bonds is 3. The Bertz CT molecular complexity index is 19.5. The molecule has 0 heterocycles. The summed E-state index contributed by atoms with van der Waals surface area (Å²) in [5.74, 6) is 0. The van der Waals surface area contributed by atoms with E-state index in [1.165, 1.54) is 0 Å². The molecule has 0 bridgehead atoms. The number of nitrogens with one attached hydrogen (secondary N) is 1.